The van der Waals surface area contributed by atoms with Crippen LogP contribution in [-0.4, -0.2) is 47.8 Å². The molecule has 1 aromatic rings. The van der Waals surface area contributed by atoms with Gasteiger partial charge in [-0.2, -0.15) is 0 Å². The van der Waals surface area contributed by atoms with E-state index in [1.165, 1.54) is 25.3 Å². The van der Waals surface area contributed by atoms with Gasteiger partial charge in [-0.15, -0.1) is 0 Å². The van der Waals surface area contributed by atoms with Crippen molar-refractivity contribution in [1.29, 1.82) is 0 Å². The number of hydrogen-bond acceptors (Lipinski definition) is 6. The molecule has 2 amide bonds. The van der Waals surface area contributed by atoms with Crippen molar-refractivity contribution in [1.82, 2.24) is 5.32 Å². The maximum absolute atomic E-state index is 12.6. The lowest BCUT2D eigenvalue weighted by Crippen LogP contribution is -2.46. The van der Waals surface area contributed by atoms with E-state index in [2.05, 4.69) is 15.4 Å². The number of carboxylic acid groups (broad SMARTS) is 1. The van der Waals surface area contributed by atoms with E-state index in [9.17, 15) is 19.2 Å². The number of amides is 2. The van der Waals surface area contributed by atoms with Crippen LogP contribution in [-0.2, 0) is 19.1 Å². The first-order chi connectivity index (χ1) is 12.9. The molecule has 1 atom stereocenters. The van der Waals surface area contributed by atoms with E-state index >= 15 is 0 Å². The molecule has 0 saturated heterocycles. The highest BCUT2D eigenvalue weighted by Crippen LogP contribution is 2.22. The summed E-state index contributed by atoms with van der Waals surface area (Å²) in [6.45, 7) is 4.94. The zero-order valence-corrected chi connectivity index (χ0v) is 16.8. The van der Waals surface area contributed by atoms with Crippen LogP contribution in [0.3, 0.4) is 0 Å². The molecule has 1 rings (SSSR count). The highest BCUT2D eigenvalue weighted by molar-refractivity contribution is 6.31. The number of rotatable bonds is 7. The first-order valence-electron chi connectivity index (χ1n) is 8.33. The molecule has 0 heterocycles. The fourth-order valence-electron chi connectivity index (χ4n) is 2.11. The number of methoxy groups -OCH3 is 1. The third-order valence-electron chi connectivity index (χ3n) is 3.30. The van der Waals surface area contributed by atoms with Crippen molar-refractivity contribution in [3.05, 3.63) is 28.8 Å². The third-order valence-corrected chi connectivity index (χ3v) is 3.53. The van der Waals surface area contributed by atoms with Crippen molar-refractivity contribution in [3.63, 3.8) is 0 Å². The van der Waals surface area contributed by atoms with Crippen LogP contribution in [0.25, 0.3) is 0 Å². The zero-order valence-electron chi connectivity index (χ0n) is 16.0. The summed E-state index contributed by atoms with van der Waals surface area (Å²) in [5, 5.41) is 14.0. The van der Waals surface area contributed by atoms with E-state index in [4.69, 9.17) is 21.4 Å². The van der Waals surface area contributed by atoms with Crippen LogP contribution < -0.4 is 10.6 Å². The lowest BCUT2D eigenvalue weighted by Gasteiger charge is -2.23. The second-order valence-electron chi connectivity index (χ2n) is 6.80. The normalized spacial score (nSPS) is 11.9. The Labute approximate surface area is 167 Å². The van der Waals surface area contributed by atoms with Gasteiger partial charge in [0.15, 0.2) is 0 Å². The lowest BCUT2D eigenvalue weighted by molar-refractivity contribution is -0.137. The summed E-state index contributed by atoms with van der Waals surface area (Å²) in [7, 11) is 1.18. The molecular formula is C18H23ClN2O7. The highest BCUT2D eigenvalue weighted by atomic mass is 35.5. The number of esters is 1. The predicted octanol–water partition coefficient (Wildman–Crippen LogP) is 2.82. The molecule has 0 aliphatic carbocycles. The van der Waals surface area contributed by atoms with E-state index in [1.807, 2.05) is 0 Å². The minimum atomic E-state index is -1.20. The lowest BCUT2D eigenvalue weighted by atomic mass is 10.1. The summed E-state index contributed by atoms with van der Waals surface area (Å²) >= 11 is 5.87. The first-order valence-corrected chi connectivity index (χ1v) is 8.70. The summed E-state index contributed by atoms with van der Waals surface area (Å²) in [5.74, 6) is -2.58. The van der Waals surface area contributed by atoms with Crippen LogP contribution in [0.15, 0.2) is 18.2 Å². The van der Waals surface area contributed by atoms with Crippen LogP contribution >= 0.6 is 11.6 Å². The number of hydrogen-bond donors (Lipinski definition) is 3. The van der Waals surface area contributed by atoms with Gasteiger partial charge in [-0.05, 0) is 45.4 Å². The Kier molecular flexibility index (Phi) is 8.24. The number of alkyl carbamates (subject to hydrolysis) is 1. The molecule has 0 fully saturated rings. The van der Waals surface area contributed by atoms with Crippen LogP contribution in [0, 0.1) is 0 Å². The number of anilines is 1. The van der Waals surface area contributed by atoms with Gasteiger partial charge in [0.05, 0.1) is 18.4 Å². The van der Waals surface area contributed by atoms with Gasteiger partial charge in [-0.1, -0.05) is 11.6 Å². The molecule has 0 bridgehead atoms. The Balaban J connectivity index is 3.02. The second-order valence-corrected chi connectivity index (χ2v) is 7.24. The minimum Gasteiger partial charge on any atom is -0.481 e. The molecule has 0 spiro atoms. The molecule has 0 radical (unpaired) electrons. The van der Waals surface area contributed by atoms with Crippen LogP contribution in [0.4, 0.5) is 10.5 Å². The number of carbonyl (C=O) groups excluding carboxylic acids is 3. The molecule has 9 nitrogen and oxygen atoms in total. The van der Waals surface area contributed by atoms with Crippen LogP contribution in [0.1, 0.15) is 44.0 Å². The Morgan fingerprint density at radius 1 is 1.21 bits per heavy atom. The standard InChI is InChI=1S/C18H23ClN2O7/c1-18(2,3)28-17(26)21-13(7-8-14(22)23)15(24)20-12-6-5-10(19)9-11(12)16(25)27-4/h5-6,9,13H,7-8H2,1-4H3,(H,20,24)(H,21,26)(H,22,23). The van der Waals surface area contributed by atoms with E-state index in [-0.39, 0.29) is 29.1 Å². The maximum Gasteiger partial charge on any atom is 0.408 e. The fourth-order valence-corrected chi connectivity index (χ4v) is 2.28. The van der Waals surface area contributed by atoms with Crippen LogP contribution in [0.2, 0.25) is 5.02 Å². The molecule has 10 heteroatoms. The maximum atomic E-state index is 12.6. The average molecular weight is 415 g/mol. The molecule has 28 heavy (non-hydrogen) atoms. The summed E-state index contributed by atoms with van der Waals surface area (Å²) in [6, 6.07) is 2.97. The SMILES string of the molecule is COC(=O)c1cc(Cl)ccc1NC(=O)C(CCC(=O)O)NC(=O)OC(C)(C)C. The van der Waals surface area contributed by atoms with E-state index in [0.717, 1.165) is 0 Å². The van der Waals surface area contributed by atoms with Gasteiger partial charge in [-0.25, -0.2) is 9.59 Å². The van der Waals surface area contributed by atoms with E-state index < -0.39 is 35.6 Å². The van der Waals surface area contributed by atoms with Crippen molar-refractivity contribution in [2.45, 2.75) is 45.3 Å². The van der Waals surface area contributed by atoms with Crippen molar-refractivity contribution in [2.75, 3.05) is 12.4 Å². The van der Waals surface area contributed by atoms with Gasteiger partial charge < -0.3 is 25.2 Å². The van der Waals surface area contributed by atoms with Gasteiger partial charge in [0, 0.05) is 11.4 Å². The summed E-state index contributed by atoms with van der Waals surface area (Å²) in [4.78, 5) is 47.4. The molecule has 1 aromatic carbocycles. The van der Waals surface area contributed by atoms with Crippen molar-refractivity contribution in [2.24, 2.45) is 0 Å². The fraction of sp³-hybridized carbons (Fsp3) is 0.444. The summed E-state index contributed by atoms with van der Waals surface area (Å²) in [6.07, 6.45) is -1.41. The molecule has 0 aliphatic rings. The molecule has 154 valence electrons. The molecule has 0 aliphatic heterocycles. The molecule has 3 N–H and O–H groups in total. The number of ether oxygens (including phenoxy) is 2. The largest absolute Gasteiger partial charge is 0.481 e. The Morgan fingerprint density at radius 3 is 2.39 bits per heavy atom. The van der Waals surface area contributed by atoms with Gasteiger partial charge in [0.1, 0.15) is 11.6 Å². The third kappa shape index (κ3) is 7.83. The Morgan fingerprint density at radius 2 is 1.86 bits per heavy atom. The number of halogens is 1. The van der Waals surface area contributed by atoms with E-state index in [0.29, 0.717) is 0 Å². The van der Waals surface area contributed by atoms with Crippen molar-refractivity contribution in [3.8, 4) is 0 Å². The summed E-state index contributed by atoms with van der Waals surface area (Å²) < 4.78 is 9.76. The van der Waals surface area contributed by atoms with Gasteiger partial charge >= 0.3 is 18.0 Å². The number of aliphatic carboxylic acids is 1. The second kappa shape index (κ2) is 9.93. The van der Waals surface area contributed by atoms with Gasteiger partial charge in [0.25, 0.3) is 0 Å². The average Bonchev–Trinajstić information content (AvgIpc) is 2.57. The molecule has 1 unspecified atom stereocenters. The zero-order chi connectivity index (χ0) is 21.5. The quantitative estimate of drug-likeness (QED) is 0.584. The predicted molar refractivity (Wildman–Crippen MR) is 101 cm³/mol. The van der Waals surface area contributed by atoms with Crippen molar-refractivity contribution < 1.29 is 33.8 Å². The topological polar surface area (TPSA) is 131 Å². The monoisotopic (exact) mass is 414 g/mol. The highest BCUT2D eigenvalue weighted by Gasteiger charge is 2.26. The molecular weight excluding hydrogens is 392 g/mol. The first kappa shape index (κ1) is 23.2. The number of benzene rings is 1. The smallest absolute Gasteiger partial charge is 0.408 e. The Hall–Kier alpha value is -2.81. The Bertz CT molecular complexity index is 759. The molecule has 0 saturated carbocycles. The molecule has 0 aromatic heterocycles. The minimum absolute atomic E-state index is 0.0117. The van der Waals surface area contributed by atoms with Crippen molar-refractivity contribution >= 4 is 41.2 Å². The number of carbonyl (C=O) groups is 4. The summed E-state index contributed by atoms with van der Waals surface area (Å²) in [5.41, 5.74) is -0.684. The van der Waals surface area contributed by atoms with Crippen LogP contribution in [0.5, 0.6) is 0 Å². The van der Waals surface area contributed by atoms with Gasteiger partial charge in [0.2, 0.25) is 5.91 Å². The van der Waals surface area contributed by atoms with E-state index in [1.54, 1.807) is 20.8 Å². The van der Waals surface area contributed by atoms with Gasteiger partial charge in [-0.3, -0.25) is 9.59 Å². The number of carboxylic acids is 1. The number of nitrogens with one attached hydrogen (secondary N) is 2.